The van der Waals surface area contributed by atoms with E-state index < -0.39 is 0 Å². The van der Waals surface area contributed by atoms with Gasteiger partial charge in [-0.1, -0.05) is 6.04 Å². The van der Waals surface area contributed by atoms with E-state index in [1.807, 2.05) is 0 Å². The molecule has 0 aromatic carbocycles. The van der Waals surface area contributed by atoms with Gasteiger partial charge in [-0.05, 0) is 6.42 Å². The smallest absolute Gasteiger partial charge is 0.217 e. The van der Waals surface area contributed by atoms with Crippen LogP contribution in [0.5, 0.6) is 0 Å². The molecule has 0 aromatic heterocycles. The second kappa shape index (κ2) is 3.86. The van der Waals surface area contributed by atoms with Gasteiger partial charge in [0.1, 0.15) is 0 Å². The zero-order valence-corrected chi connectivity index (χ0v) is 6.61. The van der Waals surface area contributed by atoms with E-state index in [0.29, 0.717) is 6.42 Å². The fraction of sp³-hybridized carbons (Fsp3) is 0.750. The van der Waals surface area contributed by atoms with Gasteiger partial charge in [0, 0.05) is 16.7 Å². The Morgan fingerprint density at radius 2 is 2.29 bits per heavy atom. The Morgan fingerprint density at radius 1 is 1.71 bits per heavy atom. The molecule has 3 heteroatoms. The number of rotatable bonds is 3. The van der Waals surface area contributed by atoms with Crippen molar-refractivity contribution in [2.75, 3.05) is 0 Å². The van der Waals surface area contributed by atoms with Gasteiger partial charge in [-0.3, -0.25) is 4.79 Å². The largest absolute Gasteiger partial charge is 0.370 e. The van der Waals surface area contributed by atoms with Gasteiger partial charge in [0.05, 0.1) is 0 Å². The average Bonchev–Trinajstić information content (AvgIpc) is 1.61. The SMILES string of the molecule is NC(=O)CCC[SiH3]. The third-order valence-electron chi connectivity index (χ3n) is 0.777. The highest BCUT2D eigenvalue weighted by Gasteiger charge is 1.88. The summed E-state index contributed by atoms with van der Waals surface area (Å²) in [6.07, 6.45) is 1.56. The van der Waals surface area contributed by atoms with E-state index in [1.54, 1.807) is 0 Å². The van der Waals surface area contributed by atoms with E-state index in [4.69, 9.17) is 5.73 Å². The highest BCUT2D eigenvalue weighted by molar-refractivity contribution is 6.08. The Hall–Kier alpha value is -0.313. The molecule has 0 rings (SSSR count). The van der Waals surface area contributed by atoms with Crippen molar-refractivity contribution in [2.45, 2.75) is 18.9 Å². The summed E-state index contributed by atoms with van der Waals surface area (Å²) in [5.41, 5.74) is 4.86. The summed E-state index contributed by atoms with van der Waals surface area (Å²) in [7, 11) is 1.19. The van der Waals surface area contributed by atoms with Gasteiger partial charge in [0.15, 0.2) is 0 Å². The van der Waals surface area contributed by atoms with Gasteiger partial charge >= 0.3 is 0 Å². The monoisotopic (exact) mass is 117 g/mol. The first-order chi connectivity index (χ1) is 3.27. The van der Waals surface area contributed by atoms with Crippen molar-refractivity contribution >= 4 is 16.1 Å². The van der Waals surface area contributed by atoms with Crippen LogP contribution in [0, 0.1) is 0 Å². The molecule has 7 heavy (non-hydrogen) atoms. The highest BCUT2D eigenvalue weighted by atomic mass is 28.1. The van der Waals surface area contributed by atoms with E-state index in [2.05, 4.69) is 0 Å². The molecule has 42 valence electrons. The Balaban J connectivity index is 2.82. The molecule has 2 nitrogen and oxygen atoms in total. The van der Waals surface area contributed by atoms with Gasteiger partial charge < -0.3 is 5.73 Å². The Kier molecular flexibility index (Phi) is 3.69. The van der Waals surface area contributed by atoms with Crippen molar-refractivity contribution in [1.82, 2.24) is 0 Å². The van der Waals surface area contributed by atoms with Gasteiger partial charge in [0.2, 0.25) is 5.91 Å². The number of nitrogens with two attached hydrogens (primary N) is 1. The van der Waals surface area contributed by atoms with Gasteiger partial charge in [-0.2, -0.15) is 0 Å². The minimum Gasteiger partial charge on any atom is -0.370 e. The van der Waals surface area contributed by atoms with Crippen molar-refractivity contribution in [1.29, 1.82) is 0 Å². The molecular formula is C4H11NOSi. The lowest BCUT2D eigenvalue weighted by atomic mass is 10.3. The second-order valence-electron chi connectivity index (χ2n) is 1.57. The lowest BCUT2D eigenvalue weighted by molar-refractivity contribution is -0.118. The molecule has 0 spiro atoms. The average molecular weight is 117 g/mol. The molecule has 0 aliphatic heterocycles. The van der Waals surface area contributed by atoms with E-state index in [1.165, 1.54) is 16.3 Å². The maximum atomic E-state index is 10.00. The van der Waals surface area contributed by atoms with Crippen LogP contribution in [0.25, 0.3) is 0 Å². The fourth-order valence-corrected chi connectivity index (χ4v) is 0.705. The first-order valence-electron chi connectivity index (χ1n) is 2.55. The molecular weight excluding hydrogens is 106 g/mol. The number of hydrogen-bond acceptors (Lipinski definition) is 1. The molecule has 2 N–H and O–H groups in total. The molecule has 0 radical (unpaired) electrons. The molecule has 0 heterocycles. The second-order valence-corrected chi connectivity index (χ2v) is 2.57. The third kappa shape index (κ3) is 5.69. The predicted molar refractivity (Wildman–Crippen MR) is 33.2 cm³/mol. The van der Waals surface area contributed by atoms with Crippen molar-refractivity contribution in [3.8, 4) is 0 Å². The molecule has 0 saturated heterocycles. The van der Waals surface area contributed by atoms with Crippen LogP contribution < -0.4 is 5.73 Å². The molecule has 0 atom stereocenters. The van der Waals surface area contributed by atoms with Crippen LogP contribution >= 0.6 is 0 Å². The summed E-state index contributed by atoms with van der Waals surface area (Å²) in [5.74, 6) is -0.171. The van der Waals surface area contributed by atoms with Crippen LogP contribution in [0.3, 0.4) is 0 Å². The minimum absolute atomic E-state index is 0.171. The zero-order valence-electron chi connectivity index (χ0n) is 4.61. The number of primary amides is 1. The van der Waals surface area contributed by atoms with Crippen LogP contribution in [-0.2, 0) is 4.79 Å². The molecule has 0 fully saturated rings. The predicted octanol–water partition coefficient (Wildman–Crippen LogP) is -0.964. The topological polar surface area (TPSA) is 43.1 Å². The number of hydrogen-bond donors (Lipinski definition) is 1. The summed E-state index contributed by atoms with van der Waals surface area (Å²) < 4.78 is 0. The van der Waals surface area contributed by atoms with Crippen molar-refractivity contribution in [3.63, 3.8) is 0 Å². The summed E-state index contributed by atoms with van der Waals surface area (Å²) in [6.45, 7) is 0. The lowest BCUT2D eigenvalue weighted by Crippen LogP contribution is -2.09. The summed E-state index contributed by atoms with van der Waals surface area (Å²) >= 11 is 0. The van der Waals surface area contributed by atoms with E-state index in [-0.39, 0.29) is 5.91 Å². The highest BCUT2D eigenvalue weighted by Crippen LogP contribution is 1.88. The van der Waals surface area contributed by atoms with Crippen molar-refractivity contribution in [3.05, 3.63) is 0 Å². The Bertz CT molecular complexity index is 64.7. The molecule has 0 aromatic rings. The van der Waals surface area contributed by atoms with E-state index >= 15 is 0 Å². The van der Waals surface area contributed by atoms with Gasteiger partial charge in [-0.15, -0.1) is 0 Å². The summed E-state index contributed by atoms with van der Waals surface area (Å²) in [4.78, 5) is 10.00. The normalized spacial score (nSPS) is 9.14. The van der Waals surface area contributed by atoms with Crippen LogP contribution in [0.15, 0.2) is 0 Å². The summed E-state index contributed by atoms with van der Waals surface area (Å²) in [5, 5.41) is 0. The van der Waals surface area contributed by atoms with Crippen LogP contribution in [0.1, 0.15) is 12.8 Å². The third-order valence-corrected chi connectivity index (χ3v) is 1.48. The van der Waals surface area contributed by atoms with Crippen molar-refractivity contribution in [2.24, 2.45) is 5.73 Å². The quantitative estimate of drug-likeness (QED) is 0.475. The molecule has 0 bridgehead atoms. The fourth-order valence-electron chi connectivity index (χ4n) is 0.351. The molecule has 0 aliphatic carbocycles. The number of carbonyl (C=O) groups excluding carboxylic acids is 1. The lowest BCUT2D eigenvalue weighted by Gasteiger charge is -1.86. The summed E-state index contributed by atoms with van der Waals surface area (Å²) in [6, 6.07) is 1.18. The standard InChI is InChI=1S/C4H11NOSi/c5-4(6)2-1-3-7/h1-3H2,7H3,(H2,5,6). The molecule has 0 saturated carbocycles. The Labute approximate surface area is 46.5 Å². The number of carbonyl (C=O) groups is 1. The molecule has 1 amide bonds. The maximum absolute atomic E-state index is 10.00. The molecule has 0 aliphatic rings. The first kappa shape index (κ1) is 6.69. The minimum atomic E-state index is -0.171. The van der Waals surface area contributed by atoms with E-state index in [0.717, 1.165) is 6.42 Å². The van der Waals surface area contributed by atoms with Crippen molar-refractivity contribution < 1.29 is 4.79 Å². The Morgan fingerprint density at radius 3 is 2.43 bits per heavy atom. The van der Waals surface area contributed by atoms with Crippen LogP contribution in [0.4, 0.5) is 0 Å². The first-order valence-corrected chi connectivity index (χ1v) is 3.97. The van der Waals surface area contributed by atoms with Gasteiger partial charge in [0.25, 0.3) is 0 Å². The maximum Gasteiger partial charge on any atom is 0.217 e. The van der Waals surface area contributed by atoms with E-state index in [9.17, 15) is 4.79 Å². The van der Waals surface area contributed by atoms with Gasteiger partial charge in [-0.25, -0.2) is 0 Å². The zero-order chi connectivity index (χ0) is 5.70. The number of amides is 1. The van der Waals surface area contributed by atoms with Crippen LogP contribution in [-0.4, -0.2) is 16.1 Å². The van der Waals surface area contributed by atoms with Crippen LogP contribution in [0.2, 0.25) is 6.04 Å². The molecule has 0 unspecified atom stereocenters.